The number of piperidine rings is 1. The quantitative estimate of drug-likeness (QED) is 0.370. The van der Waals surface area contributed by atoms with Crippen molar-refractivity contribution in [3.63, 3.8) is 0 Å². The van der Waals surface area contributed by atoms with Gasteiger partial charge in [0.1, 0.15) is 0 Å². The summed E-state index contributed by atoms with van der Waals surface area (Å²) in [6, 6.07) is 23.9. The number of amides is 1. The van der Waals surface area contributed by atoms with Crippen LogP contribution >= 0.6 is 15.9 Å². The van der Waals surface area contributed by atoms with Gasteiger partial charge in [0.2, 0.25) is 5.91 Å². The van der Waals surface area contributed by atoms with Gasteiger partial charge < -0.3 is 14.4 Å². The van der Waals surface area contributed by atoms with Gasteiger partial charge in [0.25, 0.3) is 0 Å². The Labute approximate surface area is 205 Å². The van der Waals surface area contributed by atoms with E-state index in [4.69, 9.17) is 9.47 Å². The van der Waals surface area contributed by atoms with E-state index in [-0.39, 0.29) is 24.5 Å². The van der Waals surface area contributed by atoms with E-state index >= 15 is 0 Å². The van der Waals surface area contributed by atoms with Crippen LogP contribution in [0.1, 0.15) is 29.8 Å². The van der Waals surface area contributed by atoms with Gasteiger partial charge in [0, 0.05) is 16.0 Å². The topological polar surface area (TPSA) is 55.8 Å². The van der Waals surface area contributed by atoms with Crippen molar-refractivity contribution in [2.75, 3.05) is 13.2 Å². The maximum atomic E-state index is 14.4. The normalized spacial score (nSPS) is 31.8. The summed E-state index contributed by atoms with van der Waals surface area (Å²) >= 11 is 3.61. The van der Waals surface area contributed by atoms with Gasteiger partial charge in [-0.1, -0.05) is 76.6 Å². The van der Waals surface area contributed by atoms with Crippen LogP contribution in [0.5, 0.6) is 0 Å². The molecule has 1 amide bonds. The smallest absolute Gasteiger partial charge is 0.323 e. The third-order valence-corrected chi connectivity index (χ3v) is 8.69. The van der Waals surface area contributed by atoms with E-state index in [1.54, 1.807) is 6.92 Å². The highest BCUT2D eigenvalue weighted by Gasteiger charge is 2.94. The number of halogens is 1. The van der Waals surface area contributed by atoms with Crippen molar-refractivity contribution >= 4 is 27.8 Å². The van der Waals surface area contributed by atoms with Crippen LogP contribution in [0.4, 0.5) is 0 Å². The molecule has 5 atom stereocenters. The Morgan fingerprint density at radius 3 is 2.59 bits per heavy atom. The van der Waals surface area contributed by atoms with Gasteiger partial charge in [-0.15, -0.1) is 0 Å². The molecule has 3 fully saturated rings. The van der Waals surface area contributed by atoms with Gasteiger partial charge in [0.15, 0.2) is 11.6 Å². The maximum absolute atomic E-state index is 14.4. The third-order valence-electron chi connectivity index (χ3n) is 8.19. The van der Waals surface area contributed by atoms with Crippen molar-refractivity contribution < 1.29 is 19.1 Å². The van der Waals surface area contributed by atoms with E-state index in [1.165, 1.54) is 0 Å². The number of carbonyl (C=O) groups excluding carboxylic acids is 2. The predicted molar refractivity (Wildman–Crippen MR) is 129 cm³/mol. The molecule has 0 unspecified atom stereocenters. The highest BCUT2D eigenvalue weighted by molar-refractivity contribution is 9.10. The summed E-state index contributed by atoms with van der Waals surface area (Å²) in [4.78, 5) is 30.1. The number of benzene rings is 3. The number of hydrogen-bond acceptors (Lipinski definition) is 4. The Kier molecular flexibility index (Phi) is 4.08. The Morgan fingerprint density at radius 1 is 1.06 bits per heavy atom. The van der Waals surface area contributed by atoms with Crippen LogP contribution in [0.25, 0.3) is 11.1 Å². The molecule has 2 saturated heterocycles. The van der Waals surface area contributed by atoms with E-state index in [2.05, 4.69) is 40.2 Å². The molecule has 1 saturated carbocycles. The first kappa shape index (κ1) is 20.4. The molecule has 0 aromatic heterocycles. The van der Waals surface area contributed by atoms with Gasteiger partial charge in [0.05, 0.1) is 24.7 Å². The van der Waals surface area contributed by atoms with Crippen molar-refractivity contribution in [3.05, 3.63) is 94.0 Å². The lowest BCUT2D eigenvalue weighted by Gasteiger charge is -2.32. The molecule has 5 nitrogen and oxygen atoms in total. The summed E-state index contributed by atoms with van der Waals surface area (Å²) in [5.41, 5.74) is 3.13. The van der Waals surface area contributed by atoms with Crippen LogP contribution < -0.4 is 0 Å². The average Bonchev–Trinajstić information content (AvgIpc) is 3.07. The molecule has 2 heterocycles. The summed E-state index contributed by atoms with van der Waals surface area (Å²) in [7, 11) is 0. The number of fused-ring (bicyclic) bond motifs is 10. The molecular weight excluding hydrogens is 494 g/mol. The first-order chi connectivity index (χ1) is 16.6. The lowest BCUT2D eigenvalue weighted by molar-refractivity contribution is -0.159. The predicted octanol–water partition coefficient (Wildman–Crippen LogP) is 4.83. The monoisotopic (exact) mass is 515 g/mol. The van der Waals surface area contributed by atoms with Gasteiger partial charge in [-0.05, 0) is 41.3 Å². The molecule has 0 radical (unpaired) electrons. The van der Waals surface area contributed by atoms with Gasteiger partial charge >= 0.3 is 5.97 Å². The van der Waals surface area contributed by atoms with E-state index in [9.17, 15) is 9.59 Å². The standard InChI is InChI=1S/C28H22BrNO4/c1-2-33-26(32)28-23(22-15-34-24(30(22)25(28)31)16-8-4-3-5-9-16)27(28)20-11-7-6-10-18(20)19-14-17(29)12-13-21(19)27/h3-14,22-24H,2,15H2,1H3/t22-,23+,24-,27-,28-/m1/s1. The summed E-state index contributed by atoms with van der Waals surface area (Å²) in [5, 5.41) is 0. The lowest BCUT2D eigenvalue weighted by atomic mass is 9.81. The molecular formula is C28H22BrNO4. The second kappa shape index (κ2) is 6.80. The molecule has 0 N–H and O–H groups in total. The van der Waals surface area contributed by atoms with Crippen molar-refractivity contribution in [2.45, 2.75) is 24.6 Å². The van der Waals surface area contributed by atoms with Gasteiger partial charge in [-0.25, -0.2) is 0 Å². The Bertz CT molecular complexity index is 1370. The minimum Gasteiger partial charge on any atom is -0.465 e. The summed E-state index contributed by atoms with van der Waals surface area (Å²) < 4.78 is 12.8. The number of rotatable bonds is 3. The van der Waals surface area contributed by atoms with Gasteiger partial charge in [-0.2, -0.15) is 0 Å². The second-order valence-corrected chi connectivity index (χ2v) is 10.3. The molecule has 34 heavy (non-hydrogen) atoms. The fraction of sp³-hybridized carbons (Fsp3) is 0.286. The average molecular weight is 516 g/mol. The largest absolute Gasteiger partial charge is 0.465 e. The Balaban J connectivity index is 1.46. The molecule has 3 aromatic rings. The minimum absolute atomic E-state index is 0.183. The second-order valence-electron chi connectivity index (χ2n) is 9.43. The van der Waals surface area contributed by atoms with Crippen LogP contribution in [0, 0.1) is 11.3 Å². The number of esters is 1. The fourth-order valence-corrected chi connectivity index (χ4v) is 7.53. The van der Waals surface area contributed by atoms with Crippen molar-refractivity contribution in [1.82, 2.24) is 4.90 Å². The van der Waals surface area contributed by atoms with Crippen LogP contribution in [0.2, 0.25) is 0 Å². The number of carbonyl (C=O) groups is 2. The van der Waals surface area contributed by atoms with Crippen LogP contribution in [0.15, 0.2) is 77.3 Å². The number of nitrogens with zero attached hydrogens (tertiary/aromatic N) is 1. The molecule has 0 bridgehead atoms. The van der Waals surface area contributed by atoms with Gasteiger partial charge in [-0.3, -0.25) is 9.59 Å². The van der Waals surface area contributed by atoms with E-state index in [1.807, 2.05) is 53.4 Å². The zero-order chi connectivity index (χ0) is 23.2. The van der Waals surface area contributed by atoms with Crippen molar-refractivity contribution in [2.24, 2.45) is 11.3 Å². The zero-order valence-corrected chi connectivity index (χ0v) is 20.1. The highest BCUT2D eigenvalue weighted by atomic mass is 79.9. The van der Waals surface area contributed by atoms with E-state index in [0.29, 0.717) is 6.61 Å². The lowest BCUT2D eigenvalue weighted by Crippen LogP contribution is -2.45. The molecule has 2 aliphatic heterocycles. The first-order valence-corrected chi connectivity index (χ1v) is 12.4. The SMILES string of the molecule is CCOC(=O)[C@]12C(=O)N3[C@@H](c4ccccc4)OC[C@@H]3[C@H]1[C@]21c2ccccc2-c2cc(Br)ccc21. The first-order valence-electron chi connectivity index (χ1n) is 11.6. The van der Waals surface area contributed by atoms with E-state index in [0.717, 1.165) is 32.3 Å². The summed E-state index contributed by atoms with van der Waals surface area (Å²) in [5.74, 6) is -0.849. The molecule has 6 heteroatoms. The molecule has 170 valence electrons. The van der Waals surface area contributed by atoms with Crippen LogP contribution in [-0.4, -0.2) is 36.0 Å². The molecule has 1 spiro atoms. The molecule has 4 aliphatic rings. The maximum Gasteiger partial charge on any atom is 0.323 e. The number of ether oxygens (including phenoxy) is 2. The van der Waals surface area contributed by atoms with E-state index < -0.39 is 23.0 Å². The minimum atomic E-state index is -1.28. The van der Waals surface area contributed by atoms with Crippen LogP contribution in [-0.2, 0) is 24.5 Å². The summed E-state index contributed by atoms with van der Waals surface area (Å²) in [6.07, 6.45) is -0.490. The van der Waals surface area contributed by atoms with Crippen molar-refractivity contribution in [3.8, 4) is 11.1 Å². The highest BCUT2D eigenvalue weighted by Crippen LogP contribution is 2.83. The number of hydrogen-bond donors (Lipinski definition) is 0. The fourth-order valence-electron chi connectivity index (χ4n) is 7.17. The molecule has 3 aromatic carbocycles. The Morgan fingerprint density at radius 2 is 1.79 bits per heavy atom. The summed E-state index contributed by atoms with van der Waals surface area (Å²) in [6.45, 7) is 2.42. The van der Waals surface area contributed by atoms with Crippen molar-refractivity contribution in [1.29, 1.82) is 0 Å². The zero-order valence-electron chi connectivity index (χ0n) is 18.5. The molecule has 7 rings (SSSR count). The molecule has 2 aliphatic carbocycles. The Hall–Kier alpha value is -2.96. The van der Waals surface area contributed by atoms with Crippen LogP contribution in [0.3, 0.4) is 0 Å². The third kappa shape index (κ3) is 2.11.